The maximum absolute atomic E-state index is 6.13. The average molecular weight is 287 g/mol. The van der Waals surface area contributed by atoms with Crippen LogP contribution in [0, 0.1) is 0 Å². The van der Waals surface area contributed by atoms with Crippen LogP contribution in [0.15, 0.2) is 71.1 Å². The van der Waals surface area contributed by atoms with Gasteiger partial charge >= 0.3 is 0 Å². The molecule has 0 aliphatic rings. The lowest BCUT2D eigenvalue weighted by Gasteiger charge is -2.14. The van der Waals surface area contributed by atoms with Crippen molar-refractivity contribution in [3.8, 4) is 0 Å². The second kappa shape index (κ2) is 4.92. The lowest BCUT2D eigenvalue weighted by atomic mass is 9.89. The highest BCUT2D eigenvalue weighted by molar-refractivity contribution is 6.10. The van der Waals surface area contributed by atoms with Gasteiger partial charge in [0.05, 0.1) is 5.69 Å². The van der Waals surface area contributed by atoms with E-state index in [9.17, 15) is 0 Å². The molecule has 0 fully saturated rings. The maximum Gasteiger partial charge on any atom is 0.158 e. The summed E-state index contributed by atoms with van der Waals surface area (Å²) in [6, 6.07) is 22.7. The first-order chi connectivity index (χ1) is 10.8. The Hall–Kier alpha value is -2.74. The van der Waals surface area contributed by atoms with Gasteiger partial charge in [0.25, 0.3) is 0 Å². The molecule has 4 rings (SSSR count). The standard InChI is InChI=1S/C20H17NO/c1-13(14-7-3-2-4-8-14)15-11-12-17(21)20-19(15)16-9-5-6-10-18(16)22-20/h2-13H,21H2,1H3. The summed E-state index contributed by atoms with van der Waals surface area (Å²) in [5.74, 6) is 0.283. The molecular formula is C20H17NO. The molecule has 0 amide bonds. The minimum absolute atomic E-state index is 0.283. The fraction of sp³-hybridized carbons (Fsp3) is 0.100. The number of anilines is 1. The molecule has 0 radical (unpaired) electrons. The van der Waals surface area contributed by atoms with E-state index in [-0.39, 0.29) is 5.92 Å². The van der Waals surface area contributed by atoms with Crippen LogP contribution >= 0.6 is 0 Å². The van der Waals surface area contributed by atoms with Crippen molar-refractivity contribution >= 4 is 27.6 Å². The predicted octanol–water partition coefficient (Wildman–Crippen LogP) is 5.32. The van der Waals surface area contributed by atoms with Crippen molar-refractivity contribution < 1.29 is 4.42 Å². The van der Waals surface area contributed by atoms with E-state index in [1.807, 2.05) is 30.3 Å². The molecule has 0 spiro atoms. The molecule has 0 aliphatic carbocycles. The van der Waals surface area contributed by atoms with Crippen molar-refractivity contribution in [3.63, 3.8) is 0 Å². The third-order valence-electron chi connectivity index (χ3n) is 4.35. The van der Waals surface area contributed by atoms with Gasteiger partial charge in [0.1, 0.15) is 5.58 Å². The number of rotatable bonds is 2. The van der Waals surface area contributed by atoms with E-state index in [1.54, 1.807) is 0 Å². The van der Waals surface area contributed by atoms with Gasteiger partial charge in [-0.2, -0.15) is 0 Å². The van der Waals surface area contributed by atoms with Crippen LogP contribution in [0.5, 0.6) is 0 Å². The number of benzene rings is 3. The fourth-order valence-electron chi connectivity index (χ4n) is 3.16. The van der Waals surface area contributed by atoms with Crippen molar-refractivity contribution in [2.75, 3.05) is 5.73 Å². The van der Waals surface area contributed by atoms with Gasteiger partial charge in [-0.15, -0.1) is 0 Å². The Kier molecular flexibility index (Phi) is 2.90. The van der Waals surface area contributed by atoms with Crippen molar-refractivity contribution in [1.29, 1.82) is 0 Å². The van der Waals surface area contributed by atoms with Crippen molar-refractivity contribution in [2.45, 2.75) is 12.8 Å². The summed E-state index contributed by atoms with van der Waals surface area (Å²) in [7, 11) is 0. The Balaban J connectivity index is 2.04. The Morgan fingerprint density at radius 3 is 2.41 bits per heavy atom. The third kappa shape index (κ3) is 1.88. The van der Waals surface area contributed by atoms with Gasteiger partial charge in [0.15, 0.2) is 5.58 Å². The summed E-state index contributed by atoms with van der Waals surface area (Å²) in [6.45, 7) is 2.22. The second-order valence-electron chi connectivity index (χ2n) is 5.68. The molecule has 0 bridgehead atoms. The van der Waals surface area contributed by atoms with Crippen molar-refractivity contribution in [2.24, 2.45) is 0 Å². The Morgan fingerprint density at radius 1 is 0.864 bits per heavy atom. The van der Waals surface area contributed by atoms with Crippen LogP contribution in [0.2, 0.25) is 0 Å². The monoisotopic (exact) mass is 287 g/mol. The number of hydrogen-bond donors (Lipinski definition) is 1. The summed E-state index contributed by atoms with van der Waals surface area (Å²) in [6.07, 6.45) is 0. The van der Waals surface area contributed by atoms with E-state index in [0.717, 1.165) is 21.9 Å². The van der Waals surface area contributed by atoms with Crippen LogP contribution in [0.4, 0.5) is 5.69 Å². The van der Waals surface area contributed by atoms with Crippen LogP contribution in [-0.2, 0) is 0 Å². The smallest absolute Gasteiger partial charge is 0.158 e. The highest BCUT2D eigenvalue weighted by Gasteiger charge is 2.18. The lowest BCUT2D eigenvalue weighted by molar-refractivity contribution is 0.670. The van der Waals surface area contributed by atoms with E-state index in [2.05, 4.69) is 43.3 Å². The molecular weight excluding hydrogens is 270 g/mol. The molecule has 22 heavy (non-hydrogen) atoms. The molecule has 108 valence electrons. The molecule has 2 heteroatoms. The second-order valence-corrected chi connectivity index (χ2v) is 5.68. The summed E-state index contributed by atoms with van der Waals surface area (Å²) >= 11 is 0. The molecule has 1 unspecified atom stereocenters. The lowest BCUT2D eigenvalue weighted by Crippen LogP contribution is -1.97. The largest absolute Gasteiger partial charge is 0.454 e. The normalized spacial score (nSPS) is 12.8. The SMILES string of the molecule is CC(c1ccccc1)c1ccc(N)c2oc3ccccc3c12. The first-order valence-electron chi connectivity index (χ1n) is 7.50. The Morgan fingerprint density at radius 2 is 1.59 bits per heavy atom. The minimum Gasteiger partial charge on any atom is -0.454 e. The molecule has 1 aromatic heterocycles. The van der Waals surface area contributed by atoms with E-state index >= 15 is 0 Å². The van der Waals surface area contributed by atoms with Gasteiger partial charge in [-0.05, 0) is 23.3 Å². The molecule has 0 saturated carbocycles. The van der Waals surface area contributed by atoms with E-state index in [0.29, 0.717) is 5.69 Å². The van der Waals surface area contributed by atoms with Gasteiger partial charge < -0.3 is 10.2 Å². The van der Waals surface area contributed by atoms with Gasteiger partial charge in [0, 0.05) is 16.7 Å². The number of furan rings is 1. The van der Waals surface area contributed by atoms with Gasteiger partial charge in [-0.3, -0.25) is 0 Å². The molecule has 2 N–H and O–H groups in total. The van der Waals surface area contributed by atoms with Crippen LogP contribution < -0.4 is 5.73 Å². The van der Waals surface area contributed by atoms with Crippen LogP contribution in [0.3, 0.4) is 0 Å². The van der Waals surface area contributed by atoms with Crippen molar-refractivity contribution in [1.82, 2.24) is 0 Å². The van der Waals surface area contributed by atoms with Gasteiger partial charge in [-0.25, -0.2) is 0 Å². The number of nitrogens with two attached hydrogens (primary N) is 1. The number of hydrogen-bond acceptors (Lipinski definition) is 2. The summed E-state index contributed by atoms with van der Waals surface area (Å²) in [5, 5.41) is 2.26. The van der Waals surface area contributed by atoms with Crippen LogP contribution in [-0.4, -0.2) is 0 Å². The van der Waals surface area contributed by atoms with Gasteiger partial charge in [0.2, 0.25) is 0 Å². The predicted molar refractivity (Wildman–Crippen MR) is 92.1 cm³/mol. The quantitative estimate of drug-likeness (QED) is 0.507. The molecule has 0 saturated heterocycles. The zero-order valence-electron chi connectivity index (χ0n) is 12.4. The number of nitrogen functional groups attached to an aromatic ring is 1. The van der Waals surface area contributed by atoms with E-state index in [4.69, 9.17) is 10.2 Å². The highest BCUT2D eigenvalue weighted by Crippen LogP contribution is 2.39. The zero-order valence-corrected chi connectivity index (χ0v) is 12.4. The number of fused-ring (bicyclic) bond motifs is 3. The third-order valence-corrected chi connectivity index (χ3v) is 4.35. The zero-order chi connectivity index (χ0) is 15.1. The molecule has 1 atom stereocenters. The molecule has 3 aromatic carbocycles. The van der Waals surface area contributed by atoms with Crippen LogP contribution in [0.25, 0.3) is 21.9 Å². The summed E-state index contributed by atoms with van der Waals surface area (Å²) in [5.41, 5.74) is 11.0. The Bertz CT molecular complexity index is 953. The van der Waals surface area contributed by atoms with Crippen LogP contribution in [0.1, 0.15) is 24.0 Å². The molecule has 1 heterocycles. The topological polar surface area (TPSA) is 39.2 Å². The fourth-order valence-corrected chi connectivity index (χ4v) is 3.16. The Labute approximate surface area is 129 Å². The summed E-state index contributed by atoms with van der Waals surface area (Å²) in [4.78, 5) is 0. The molecule has 2 nitrogen and oxygen atoms in total. The molecule has 0 aliphatic heterocycles. The minimum atomic E-state index is 0.283. The first kappa shape index (κ1) is 13.0. The van der Waals surface area contributed by atoms with Crippen molar-refractivity contribution in [3.05, 3.63) is 77.9 Å². The maximum atomic E-state index is 6.13. The summed E-state index contributed by atoms with van der Waals surface area (Å²) < 4.78 is 5.98. The van der Waals surface area contributed by atoms with E-state index < -0.39 is 0 Å². The molecule has 4 aromatic rings. The highest BCUT2D eigenvalue weighted by atomic mass is 16.3. The van der Waals surface area contributed by atoms with Gasteiger partial charge in [-0.1, -0.05) is 61.5 Å². The average Bonchev–Trinajstić information content (AvgIpc) is 2.96. The van der Waals surface area contributed by atoms with E-state index in [1.165, 1.54) is 11.1 Å². The number of para-hydroxylation sites is 1. The first-order valence-corrected chi connectivity index (χ1v) is 7.50.